The maximum Gasteiger partial charge on any atom is 0.472 e. The normalized spacial score (nSPS) is 14.4. The summed E-state index contributed by atoms with van der Waals surface area (Å²) < 4.78 is 23.5. The van der Waals surface area contributed by atoms with Gasteiger partial charge in [-0.15, -0.1) is 0 Å². The summed E-state index contributed by atoms with van der Waals surface area (Å²) in [6.45, 7) is 4.81. The number of likely N-dealkylation sites (N-methyl/N-ethyl adjacent to an activating group) is 1. The third kappa shape index (κ3) is 39.5. The van der Waals surface area contributed by atoms with Crippen LogP contribution in [0.4, 0.5) is 0 Å². The number of amides is 1. The molecule has 0 aromatic carbocycles. The first-order valence-corrected chi connectivity index (χ1v) is 24.6. The van der Waals surface area contributed by atoms with Crippen LogP contribution in [0.3, 0.4) is 0 Å². The van der Waals surface area contributed by atoms with Crippen LogP contribution in [0.5, 0.6) is 0 Å². The molecule has 322 valence electrons. The molecule has 0 aliphatic carbocycles. The molecule has 0 aliphatic rings. The zero-order chi connectivity index (χ0) is 40.0. The maximum absolute atomic E-state index is 12.8. The summed E-state index contributed by atoms with van der Waals surface area (Å²) in [4.78, 5) is 23.1. The maximum atomic E-state index is 12.8. The van der Waals surface area contributed by atoms with E-state index in [1.807, 2.05) is 27.2 Å². The van der Waals surface area contributed by atoms with E-state index in [4.69, 9.17) is 9.05 Å². The molecule has 0 saturated carbocycles. The lowest BCUT2D eigenvalue weighted by molar-refractivity contribution is -0.870. The quantitative estimate of drug-likeness (QED) is 0.0246. The van der Waals surface area contributed by atoms with Crippen molar-refractivity contribution in [1.82, 2.24) is 5.32 Å². The number of hydrogen-bond acceptors (Lipinski definition) is 5. The van der Waals surface area contributed by atoms with E-state index in [2.05, 4.69) is 19.2 Å². The van der Waals surface area contributed by atoms with Gasteiger partial charge in [0.2, 0.25) is 5.91 Å². The minimum absolute atomic E-state index is 0.0644. The second kappa shape index (κ2) is 37.8. The Kier molecular flexibility index (Phi) is 37.3. The van der Waals surface area contributed by atoms with Gasteiger partial charge in [0.25, 0.3) is 0 Å². The predicted octanol–water partition coefficient (Wildman–Crippen LogP) is 12.8. The third-order valence-corrected chi connectivity index (χ3v) is 11.5. The molecule has 0 spiro atoms. The van der Waals surface area contributed by atoms with Crippen LogP contribution < -0.4 is 5.32 Å². The van der Waals surface area contributed by atoms with E-state index in [0.717, 1.165) is 38.5 Å². The Balaban J connectivity index is 4.20. The molecule has 9 heteroatoms. The van der Waals surface area contributed by atoms with Gasteiger partial charge in [-0.25, -0.2) is 4.57 Å². The zero-order valence-electron chi connectivity index (χ0n) is 36.5. The van der Waals surface area contributed by atoms with E-state index in [1.165, 1.54) is 161 Å². The molecule has 0 heterocycles. The monoisotopic (exact) mass is 788 g/mol. The number of rotatable bonds is 42. The van der Waals surface area contributed by atoms with Crippen molar-refractivity contribution in [1.29, 1.82) is 0 Å². The first-order chi connectivity index (χ1) is 26.0. The summed E-state index contributed by atoms with van der Waals surface area (Å²) in [5, 5.41) is 13.8. The van der Waals surface area contributed by atoms with Gasteiger partial charge < -0.3 is 19.8 Å². The van der Waals surface area contributed by atoms with Gasteiger partial charge in [0.15, 0.2) is 0 Å². The van der Waals surface area contributed by atoms with Gasteiger partial charge in [-0.05, 0) is 19.3 Å². The van der Waals surface area contributed by atoms with Crippen molar-refractivity contribution < 1.29 is 32.9 Å². The largest absolute Gasteiger partial charge is 0.472 e. The molecule has 3 atom stereocenters. The summed E-state index contributed by atoms with van der Waals surface area (Å²) in [7, 11) is 1.58. The lowest BCUT2D eigenvalue weighted by Crippen LogP contribution is -2.45. The predicted molar refractivity (Wildman–Crippen MR) is 231 cm³/mol. The van der Waals surface area contributed by atoms with E-state index >= 15 is 0 Å². The van der Waals surface area contributed by atoms with Gasteiger partial charge in [-0.2, -0.15) is 0 Å². The van der Waals surface area contributed by atoms with Crippen LogP contribution in [0, 0.1) is 0 Å². The number of allylic oxidation sites excluding steroid dienone is 1. The average Bonchev–Trinajstić information content (AvgIpc) is 3.12. The van der Waals surface area contributed by atoms with Gasteiger partial charge in [-0.1, -0.05) is 206 Å². The number of unbranched alkanes of at least 4 members (excludes halogenated alkanes) is 29. The Labute approximate surface area is 335 Å². The topological polar surface area (TPSA) is 105 Å². The minimum Gasteiger partial charge on any atom is -0.387 e. The molecule has 0 saturated heterocycles. The van der Waals surface area contributed by atoms with Crippen molar-refractivity contribution in [3.05, 3.63) is 12.2 Å². The number of aliphatic hydroxyl groups is 1. The third-order valence-electron chi connectivity index (χ3n) is 10.5. The molecule has 0 bridgehead atoms. The average molecular weight is 788 g/mol. The van der Waals surface area contributed by atoms with Crippen LogP contribution in [-0.2, 0) is 18.4 Å². The Morgan fingerprint density at radius 2 is 0.981 bits per heavy atom. The number of nitrogens with one attached hydrogen (secondary N) is 1. The number of aliphatic hydroxyl groups excluding tert-OH is 1. The van der Waals surface area contributed by atoms with Crippen LogP contribution in [-0.4, -0.2) is 73.4 Å². The lowest BCUT2D eigenvalue weighted by atomic mass is 10.0. The highest BCUT2D eigenvalue weighted by atomic mass is 31.2. The Hall–Kier alpha value is -0.760. The second-order valence-corrected chi connectivity index (χ2v) is 18.6. The van der Waals surface area contributed by atoms with Crippen LogP contribution in [0.25, 0.3) is 0 Å². The fourth-order valence-electron chi connectivity index (χ4n) is 6.81. The van der Waals surface area contributed by atoms with Gasteiger partial charge in [-0.3, -0.25) is 13.8 Å². The van der Waals surface area contributed by atoms with Crippen LogP contribution >= 0.6 is 7.82 Å². The summed E-state index contributed by atoms with van der Waals surface area (Å²) in [6.07, 6.45) is 42.9. The van der Waals surface area contributed by atoms with Gasteiger partial charge >= 0.3 is 7.82 Å². The molecular weight excluding hydrogens is 695 g/mol. The summed E-state index contributed by atoms with van der Waals surface area (Å²) in [6, 6.07) is -0.838. The fraction of sp³-hybridized carbons (Fsp3) is 0.933. The Morgan fingerprint density at radius 1 is 0.611 bits per heavy atom. The number of phosphoric acid groups is 1. The molecule has 8 nitrogen and oxygen atoms in total. The van der Waals surface area contributed by atoms with E-state index in [0.29, 0.717) is 17.4 Å². The van der Waals surface area contributed by atoms with Gasteiger partial charge in [0, 0.05) is 6.42 Å². The van der Waals surface area contributed by atoms with Crippen molar-refractivity contribution in [2.75, 3.05) is 40.9 Å². The van der Waals surface area contributed by atoms with Crippen molar-refractivity contribution in [2.45, 2.75) is 231 Å². The van der Waals surface area contributed by atoms with Gasteiger partial charge in [0.1, 0.15) is 13.2 Å². The number of carbonyl (C=O) groups is 1. The lowest BCUT2D eigenvalue weighted by Gasteiger charge is -2.25. The number of hydrogen-bond donors (Lipinski definition) is 3. The van der Waals surface area contributed by atoms with E-state index in [1.54, 1.807) is 6.08 Å². The highest BCUT2D eigenvalue weighted by molar-refractivity contribution is 7.47. The SMILES string of the molecule is CCCCCCCCCC/C=C/C(O)C(COP(=O)(O)OCC[N+](C)(C)C)NC(=O)CCCCCCCCCCCCCCCCCCCCCCCC. The number of carbonyl (C=O) groups excluding carboxylic acids is 1. The summed E-state index contributed by atoms with van der Waals surface area (Å²) in [5.74, 6) is -0.175. The number of quaternary nitrogens is 1. The molecule has 1 amide bonds. The highest BCUT2D eigenvalue weighted by Crippen LogP contribution is 2.43. The van der Waals surface area contributed by atoms with Crippen molar-refractivity contribution in [3.63, 3.8) is 0 Å². The molecule has 0 radical (unpaired) electrons. The van der Waals surface area contributed by atoms with Gasteiger partial charge in [0.05, 0.1) is 39.9 Å². The number of phosphoric ester groups is 1. The van der Waals surface area contributed by atoms with Crippen LogP contribution in [0.2, 0.25) is 0 Å². The van der Waals surface area contributed by atoms with E-state index < -0.39 is 20.0 Å². The molecule has 0 aromatic rings. The van der Waals surface area contributed by atoms with Crippen LogP contribution in [0.1, 0.15) is 219 Å². The first-order valence-electron chi connectivity index (χ1n) is 23.1. The minimum atomic E-state index is -4.33. The number of nitrogens with zero attached hydrogens (tertiary/aromatic N) is 1. The Morgan fingerprint density at radius 3 is 1.37 bits per heavy atom. The van der Waals surface area contributed by atoms with E-state index in [9.17, 15) is 19.4 Å². The molecule has 0 aliphatic heterocycles. The molecule has 0 fully saturated rings. The molecule has 0 rings (SSSR count). The van der Waals surface area contributed by atoms with Crippen molar-refractivity contribution in [3.8, 4) is 0 Å². The molecule has 54 heavy (non-hydrogen) atoms. The summed E-state index contributed by atoms with van der Waals surface area (Å²) in [5.41, 5.74) is 0. The second-order valence-electron chi connectivity index (χ2n) is 17.1. The first kappa shape index (κ1) is 53.2. The smallest absolute Gasteiger partial charge is 0.387 e. The molecule has 3 N–H and O–H groups in total. The van der Waals surface area contributed by atoms with E-state index in [-0.39, 0.29) is 19.1 Å². The Bertz CT molecular complexity index is 896. The summed E-state index contributed by atoms with van der Waals surface area (Å²) >= 11 is 0. The molecule has 0 aromatic heterocycles. The van der Waals surface area contributed by atoms with Crippen molar-refractivity contribution >= 4 is 13.7 Å². The highest BCUT2D eigenvalue weighted by Gasteiger charge is 2.27. The van der Waals surface area contributed by atoms with Crippen molar-refractivity contribution in [2.24, 2.45) is 0 Å². The fourth-order valence-corrected chi connectivity index (χ4v) is 7.54. The van der Waals surface area contributed by atoms with Crippen LogP contribution in [0.15, 0.2) is 12.2 Å². The molecular formula is C45H92N2O6P+. The molecule has 3 unspecified atom stereocenters. The standard InChI is InChI=1S/C45H91N2O6P/c1-6-8-10-12-14-16-18-19-20-21-22-23-24-25-26-27-28-29-31-33-35-37-39-45(49)46-43(42-53-54(50,51)52-41-40-47(3,4)5)44(48)38-36-34-32-30-17-15-13-11-9-7-2/h36,38,43-44,48H,6-35,37,39-42H2,1-5H3,(H-,46,49,50,51)/p+1/b38-36+. The zero-order valence-corrected chi connectivity index (χ0v) is 37.4.